The number of nitrogens with one attached hydrogen (secondary N) is 1. The molecule has 2 amide bonds. The van der Waals surface area contributed by atoms with E-state index in [1.165, 1.54) is 0 Å². The molecule has 0 aliphatic heterocycles. The quantitative estimate of drug-likeness (QED) is 0.385. The maximum Gasteiger partial charge on any atom is 0.232 e. The Kier molecular flexibility index (Phi) is 2.86. The summed E-state index contributed by atoms with van der Waals surface area (Å²) in [4.78, 5) is 20.5. The molecule has 1 rings (SSSR count). The number of rotatable bonds is 4. The zero-order valence-corrected chi connectivity index (χ0v) is 6.81. The molecular weight excluding hydrogens is 170 g/mol. The van der Waals surface area contributed by atoms with Gasteiger partial charge in [-0.1, -0.05) is 0 Å². The van der Waals surface area contributed by atoms with Crippen molar-refractivity contribution in [1.29, 1.82) is 0 Å². The fourth-order valence-corrected chi connectivity index (χ4v) is 0.858. The summed E-state index contributed by atoms with van der Waals surface area (Å²) < 4.78 is 0. The Bertz CT molecular complexity index is 297. The number of hydrogen-bond acceptors (Lipinski definition) is 3. The summed E-state index contributed by atoms with van der Waals surface area (Å²) in [5.41, 5.74) is 8.81. The smallest absolute Gasteiger partial charge is 0.232 e. The molecule has 0 fully saturated rings. The van der Waals surface area contributed by atoms with Crippen LogP contribution < -0.4 is 16.2 Å². The van der Waals surface area contributed by atoms with E-state index in [1.54, 1.807) is 24.3 Å². The molecule has 0 atom stereocenters. The highest BCUT2D eigenvalue weighted by Gasteiger charge is 2.01. The molecule has 1 aromatic carbocycles. The van der Waals surface area contributed by atoms with Crippen molar-refractivity contribution in [3.63, 3.8) is 0 Å². The lowest BCUT2D eigenvalue weighted by Gasteiger charge is -2.14. The van der Waals surface area contributed by atoms with Crippen LogP contribution in [0.5, 0.6) is 0 Å². The summed E-state index contributed by atoms with van der Waals surface area (Å²) in [5.74, 6) is 0. The van der Waals surface area contributed by atoms with E-state index in [9.17, 15) is 9.59 Å². The molecule has 0 saturated carbocycles. The van der Waals surface area contributed by atoms with Crippen LogP contribution in [0.25, 0.3) is 0 Å². The number of nitrogen functional groups attached to an aromatic ring is 1. The molecule has 0 saturated heterocycles. The molecule has 0 aliphatic carbocycles. The number of carbonyl (C=O) groups is 2. The van der Waals surface area contributed by atoms with E-state index in [0.717, 1.165) is 5.01 Å². The van der Waals surface area contributed by atoms with Crippen LogP contribution in [0.15, 0.2) is 24.3 Å². The van der Waals surface area contributed by atoms with Crippen LogP contribution in [-0.2, 0) is 9.59 Å². The third-order valence-corrected chi connectivity index (χ3v) is 1.47. The van der Waals surface area contributed by atoms with Gasteiger partial charge in [0, 0.05) is 5.69 Å². The molecule has 0 radical (unpaired) electrons. The van der Waals surface area contributed by atoms with Crippen LogP contribution in [0, 0.1) is 0 Å². The predicted molar refractivity (Wildman–Crippen MR) is 48.6 cm³/mol. The Labute approximate surface area is 75.1 Å². The van der Waals surface area contributed by atoms with Crippen LogP contribution in [0.1, 0.15) is 0 Å². The Hall–Kier alpha value is -2.04. The minimum Gasteiger partial charge on any atom is -0.399 e. The van der Waals surface area contributed by atoms with Gasteiger partial charge in [-0.3, -0.25) is 15.0 Å². The van der Waals surface area contributed by atoms with Gasteiger partial charge in [-0.2, -0.15) is 0 Å². The van der Waals surface area contributed by atoms with Gasteiger partial charge in [0.1, 0.15) is 0 Å². The molecule has 0 bridgehead atoms. The summed E-state index contributed by atoms with van der Waals surface area (Å²) in [6, 6.07) is 6.52. The number of amides is 2. The van der Waals surface area contributed by atoms with Crippen LogP contribution in [0.3, 0.4) is 0 Å². The van der Waals surface area contributed by atoms with Crippen LogP contribution in [0.4, 0.5) is 11.4 Å². The predicted octanol–water partition coefficient (Wildman–Crippen LogP) is -0.107. The topological polar surface area (TPSA) is 75.4 Å². The molecule has 0 unspecified atom stereocenters. The fourth-order valence-electron chi connectivity index (χ4n) is 0.858. The summed E-state index contributed by atoms with van der Waals surface area (Å²) >= 11 is 0. The minimum absolute atomic E-state index is 0.421. The van der Waals surface area contributed by atoms with Crippen molar-refractivity contribution in [2.45, 2.75) is 0 Å². The van der Waals surface area contributed by atoms with E-state index in [1.807, 2.05) is 0 Å². The van der Waals surface area contributed by atoms with Crippen molar-refractivity contribution in [3.05, 3.63) is 24.3 Å². The molecule has 0 aliphatic rings. The van der Waals surface area contributed by atoms with E-state index in [0.29, 0.717) is 24.2 Å². The second-order valence-electron chi connectivity index (χ2n) is 2.31. The van der Waals surface area contributed by atoms with E-state index in [2.05, 4.69) is 5.43 Å². The summed E-state index contributed by atoms with van der Waals surface area (Å²) in [7, 11) is 0. The monoisotopic (exact) mass is 179 g/mol. The molecule has 1 aromatic rings. The normalized spacial score (nSPS) is 8.92. The number of nitrogens with zero attached hydrogens (tertiary/aromatic N) is 1. The number of carbonyl (C=O) groups excluding carboxylic acids is 2. The highest BCUT2D eigenvalue weighted by Crippen LogP contribution is 2.12. The summed E-state index contributed by atoms with van der Waals surface area (Å²) in [5, 5.41) is 1.05. The number of benzene rings is 1. The number of hydrazine groups is 1. The lowest BCUT2D eigenvalue weighted by molar-refractivity contribution is -0.113. The fraction of sp³-hybridized carbons (Fsp3) is 0. The zero-order chi connectivity index (χ0) is 9.68. The van der Waals surface area contributed by atoms with Gasteiger partial charge in [0.2, 0.25) is 12.8 Å². The van der Waals surface area contributed by atoms with Gasteiger partial charge in [-0.05, 0) is 24.3 Å². The van der Waals surface area contributed by atoms with Crippen molar-refractivity contribution in [2.75, 3.05) is 10.7 Å². The molecule has 0 aromatic heterocycles. The first-order valence-corrected chi connectivity index (χ1v) is 3.58. The zero-order valence-electron chi connectivity index (χ0n) is 6.81. The van der Waals surface area contributed by atoms with Gasteiger partial charge in [-0.15, -0.1) is 0 Å². The number of nitrogens with two attached hydrogens (primary N) is 1. The van der Waals surface area contributed by atoms with Crippen molar-refractivity contribution >= 4 is 24.2 Å². The highest BCUT2D eigenvalue weighted by atomic mass is 16.2. The van der Waals surface area contributed by atoms with E-state index < -0.39 is 0 Å². The number of anilines is 2. The van der Waals surface area contributed by atoms with Gasteiger partial charge in [0.15, 0.2) is 0 Å². The molecule has 3 N–H and O–H groups in total. The van der Waals surface area contributed by atoms with E-state index >= 15 is 0 Å². The summed E-state index contributed by atoms with van der Waals surface area (Å²) in [6.45, 7) is 0. The van der Waals surface area contributed by atoms with Crippen LogP contribution in [-0.4, -0.2) is 12.8 Å². The van der Waals surface area contributed by atoms with Gasteiger partial charge >= 0.3 is 0 Å². The lowest BCUT2D eigenvalue weighted by atomic mass is 10.3. The first kappa shape index (κ1) is 9.05. The Morgan fingerprint density at radius 3 is 2.31 bits per heavy atom. The second kappa shape index (κ2) is 4.10. The van der Waals surface area contributed by atoms with Crippen molar-refractivity contribution < 1.29 is 9.59 Å². The third kappa shape index (κ3) is 2.19. The first-order valence-electron chi connectivity index (χ1n) is 3.58. The Balaban J connectivity index is 2.84. The molecule has 13 heavy (non-hydrogen) atoms. The molecule has 5 nitrogen and oxygen atoms in total. The standard InChI is InChI=1S/C8H9N3O2/c9-7-1-3-8(4-2-7)11(6-13)10-5-12/h1-6H,9H2,(H,10,12). The number of hydrogen-bond donors (Lipinski definition) is 2. The second-order valence-corrected chi connectivity index (χ2v) is 2.31. The third-order valence-electron chi connectivity index (χ3n) is 1.47. The SMILES string of the molecule is Nc1ccc(N(C=O)NC=O)cc1. The molecule has 5 heteroatoms. The summed E-state index contributed by atoms with van der Waals surface area (Å²) in [6.07, 6.45) is 0.921. The maximum absolute atomic E-state index is 10.5. The van der Waals surface area contributed by atoms with Gasteiger partial charge in [-0.25, -0.2) is 5.01 Å². The van der Waals surface area contributed by atoms with Crippen molar-refractivity contribution in [2.24, 2.45) is 0 Å². The van der Waals surface area contributed by atoms with Crippen LogP contribution >= 0.6 is 0 Å². The van der Waals surface area contributed by atoms with Crippen LogP contribution in [0.2, 0.25) is 0 Å². The molecule has 0 heterocycles. The minimum atomic E-state index is 0.421. The van der Waals surface area contributed by atoms with Gasteiger partial charge in [0.05, 0.1) is 5.69 Å². The molecule has 68 valence electrons. The first-order chi connectivity index (χ1) is 6.27. The maximum atomic E-state index is 10.5. The largest absolute Gasteiger partial charge is 0.399 e. The van der Waals surface area contributed by atoms with Gasteiger partial charge in [0.25, 0.3) is 0 Å². The van der Waals surface area contributed by atoms with Crippen molar-refractivity contribution in [3.8, 4) is 0 Å². The molecular formula is C8H9N3O2. The molecule has 0 spiro atoms. The lowest BCUT2D eigenvalue weighted by Crippen LogP contribution is -2.35. The Morgan fingerprint density at radius 1 is 1.23 bits per heavy atom. The van der Waals surface area contributed by atoms with Crippen molar-refractivity contribution in [1.82, 2.24) is 5.43 Å². The average molecular weight is 179 g/mol. The Morgan fingerprint density at radius 2 is 1.85 bits per heavy atom. The van der Waals surface area contributed by atoms with Gasteiger partial charge < -0.3 is 5.73 Å². The average Bonchev–Trinajstić information content (AvgIpc) is 2.16. The van der Waals surface area contributed by atoms with E-state index in [4.69, 9.17) is 5.73 Å². The highest BCUT2D eigenvalue weighted by molar-refractivity contribution is 5.77. The van der Waals surface area contributed by atoms with E-state index in [-0.39, 0.29) is 0 Å².